The third-order valence-corrected chi connectivity index (χ3v) is 4.59. The fraction of sp³-hybridized carbons (Fsp3) is 0.0455. The largest absolute Gasteiger partial charge is 0.423 e. The zero-order valence-electron chi connectivity index (χ0n) is 14.9. The summed E-state index contributed by atoms with van der Waals surface area (Å²) in [5.41, 5.74) is 4.75. The molecule has 28 heavy (non-hydrogen) atoms. The first-order chi connectivity index (χ1) is 13.9. The highest BCUT2D eigenvalue weighted by Gasteiger charge is 2.17. The van der Waals surface area contributed by atoms with Crippen LogP contribution in [0.2, 0.25) is 0 Å². The second kappa shape index (κ2) is 7.00. The van der Waals surface area contributed by atoms with Gasteiger partial charge in [-0.1, -0.05) is 54.6 Å². The standard InChI is InChI=1S/C22H17N5O/c1-2-6-16(7-3-1)21(27-15-23-14-24-27)17-10-12-18(13-11-17)25-22-26-19-8-4-5-9-20(19)28-22/h1-15,21H,(H,25,26). The van der Waals surface area contributed by atoms with Gasteiger partial charge in [0.25, 0.3) is 6.01 Å². The molecule has 2 heterocycles. The Hall–Kier alpha value is -3.93. The minimum atomic E-state index is -0.0397. The van der Waals surface area contributed by atoms with Crippen LogP contribution in [-0.4, -0.2) is 19.7 Å². The molecule has 0 fully saturated rings. The lowest BCUT2D eigenvalue weighted by molar-refractivity contribution is 0.594. The van der Waals surface area contributed by atoms with E-state index in [1.54, 1.807) is 12.7 Å². The molecule has 1 atom stereocenters. The summed E-state index contributed by atoms with van der Waals surface area (Å²) >= 11 is 0. The first-order valence-electron chi connectivity index (χ1n) is 8.98. The van der Waals surface area contributed by atoms with E-state index in [0.29, 0.717) is 6.01 Å². The van der Waals surface area contributed by atoms with E-state index in [4.69, 9.17) is 4.42 Å². The molecule has 2 aromatic heterocycles. The number of fused-ring (bicyclic) bond motifs is 1. The van der Waals surface area contributed by atoms with Crippen LogP contribution in [0.15, 0.2) is 95.9 Å². The van der Waals surface area contributed by atoms with Crippen LogP contribution in [0.25, 0.3) is 11.1 Å². The van der Waals surface area contributed by atoms with Crippen molar-refractivity contribution in [2.24, 2.45) is 0 Å². The number of hydrogen-bond donors (Lipinski definition) is 1. The average molecular weight is 367 g/mol. The Kier molecular flexibility index (Phi) is 4.06. The van der Waals surface area contributed by atoms with E-state index in [0.717, 1.165) is 27.9 Å². The lowest BCUT2D eigenvalue weighted by Crippen LogP contribution is -2.12. The van der Waals surface area contributed by atoms with Gasteiger partial charge in [-0.2, -0.15) is 10.1 Å². The van der Waals surface area contributed by atoms with Crippen molar-refractivity contribution in [2.75, 3.05) is 5.32 Å². The molecule has 0 amide bonds. The zero-order valence-corrected chi connectivity index (χ0v) is 14.9. The molecule has 1 N–H and O–H groups in total. The van der Waals surface area contributed by atoms with Gasteiger partial charge < -0.3 is 9.73 Å². The van der Waals surface area contributed by atoms with Gasteiger partial charge in [0.15, 0.2) is 5.58 Å². The molecule has 0 aliphatic carbocycles. The van der Waals surface area contributed by atoms with Crippen LogP contribution in [0, 0.1) is 0 Å². The molecular weight excluding hydrogens is 350 g/mol. The van der Waals surface area contributed by atoms with Crippen molar-refractivity contribution in [1.82, 2.24) is 19.7 Å². The predicted molar refractivity (Wildman–Crippen MR) is 107 cm³/mol. The Balaban J connectivity index is 1.44. The van der Waals surface area contributed by atoms with Gasteiger partial charge in [0.2, 0.25) is 0 Å². The maximum Gasteiger partial charge on any atom is 0.300 e. The van der Waals surface area contributed by atoms with Crippen molar-refractivity contribution in [2.45, 2.75) is 6.04 Å². The van der Waals surface area contributed by atoms with Crippen LogP contribution in [0.1, 0.15) is 17.2 Å². The molecule has 3 aromatic carbocycles. The quantitative estimate of drug-likeness (QED) is 0.483. The molecule has 0 radical (unpaired) electrons. The Morgan fingerprint density at radius 3 is 2.32 bits per heavy atom. The number of hydrogen-bond acceptors (Lipinski definition) is 5. The van der Waals surface area contributed by atoms with Crippen LogP contribution in [0.4, 0.5) is 11.7 Å². The summed E-state index contributed by atoms with van der Waals surface area (Å²) in [5, 5.41) is 7.57. The van der Waals surface area contributed by atoms with E-state index in [1.807, 2.05) is 59.3 Å². The molecule has 0 aliphatic rings. The monoisotopic (exact) mass is 367 g/mol. The highest BCUT2D eigenvalue weighted by atomic mass is 16.4. The van der Waals surface area contributed by atoms with Crippen molar-refractivity contribution in [3.8, 4) is 0 Å². The van der Waals surface area contributed by atoms with Gasteiger partial charge in [0.1, 0.15) is 24.2 Å². The van der Waals surface area contributed by atoms with Crippen molar-refractivity contribution >= 4 is 22.8 Å². The number of rotatable bonds is 5. The molecule has 6 heteroatoms. The average Bonchev–Trinajstić information content (AvgIpc) is 3.40. The molecule has 5 aromatic rings. The van der Waals surface area contributed by atoms with E-state index in [1.165, 1.54) is 0 Å². The number of aromatic nitrogens is 4. The van der Waals surface area contributed by atoms with E-state index >= 15 is 0 Å². The number of para-hydroxylation sites is 2. The predicted octanol–water partition coefficient (Wildman–Crippen LogP) is 4.80. The van der Waals surface area contributed by atoms with E-state index < -0.39 is 0 Å². The third-order valence-electron chi connectivity index (χ3n) is 4.59. The van der Waals surface area contributed by atoms with E-state index in [-0.39, 0.29) is 6.04 Å². The maximum absolute atomic E-state index is 5.73. The second-order valence-electron chi connectivity index (χ2n) is 6.42. The topological polar surface area (TPSA) is 68.8 Å². The number of benzene rings is 3. The van der Waals surface area contributed by atoms with Crippen LogP contribution in [-0.2, 0) is 0 Å². The van der Waals surface area contributed by atoms with Crippen molar-refractivity contribution in [3.05, 3.63) is 103 Å². The molecule has 0 bridgehead atoms. The number of nitrogens with zero attached hydrogens (tertiary/aromatic N) is 4. The van der Waals surface area contributed by atoms with Crippen molar-refractivity contribution in [1.29, 1.82) is 0 Å². The van der Waals surface area contributed by atoms with Gasteiger partial charge in [-0.25, -0.2) is 9.67 Å². The summed E-state index contributed by atoms with van der Waals surface area (Å²) in [6.07, 6.45) is 3.29. The van der Waals surface area contributed by atoms with Gasteiger partial charge in [0.05, 0.1) is 0 Å². The Morgan fingerprint density at radius 2 is 1.57 bits per heavy atom. The van der Waals surface area contributed by atoms with Gasteiger partial charge in [-0.05, 0) is 35.4 Å². The Morgan fingerprint density at radius 1 is 0.821 bits per heavy atom. The molecule has 0 aliphatic heterocycles. The first kappa shape index (κ1) is 16.3. The summed E-state index contributed by atoms with van der Waals surface area (Å²) in [6, 6.07) is 26.6. The Labute approximate surface area is 161 Å². The highest BCUT2D eigenvalue weighted by molar-refractivity contribution is 5.75. The third kappa shape index (κ3) is 3.12. The van der Waals surface area contributed by atoms with E-state index in [9.17, 15) is 0 Å². The number of oxazole rings is 1. The minimum absolute atomic E-state index is 0.0397. The molecule has 0 saturated heterocycles. The summed E-state index contributed by atoms with van der Waals surface area (Å²) < 4.78 is 7.59. The number of nitrogens with one attached hydrogen (secondary N) is 1. The molecule has 0 spiro atoms. The second-order valence-corrected chi connectivity index (χ2v) is 6.42. The fourth-order valence-corrected chi connectivity index (χ4v) is 3.28. The molecular formula is C22H17N5O. The van der Waals surface area contributed by atoms with Gasteiger partial charge >= 0.3 is 0 Å². The summed E-state index contributed by atoms with van der Waals surface area (Å²) in [6.45, 7) is 0. The molecule has 1 unspecified atom stereocenters. The van der Waals surface area contributed by atoms with Gasteiger partial charge in [0, 0.05) is 5.69 Å². The first-order valence-corrected chi connectivity index (χ1v) is 8.98. The molecule has 0 saturated carbocycles. The van der Waals surface area contributed by atoms with Crippen LogP contribution in [0.5, 0.6) is 0 Å². The van der Waals surface area contributed by atoms with Gasteiger partial charge in [-0.3, -0.25) is 0 Å². The molecule has 136 valence electrons. The summed E-state index contributed by atoms with van der Waals surface area (Å²) in [7, 11) is 0. The van der Waals surface area contributed by atoms with Crippen molar-refractivity contribution in [3.63, 3.8) is 0 Å². The van der Waals surface area contributed by atoms with Crippen LogP contribution in [0.3, 0.4) is 0 Å². The smallest absolute Gasteiger partial charge is 0.300 e. The van der Waals surface area contributed by atoms with Crippen LogP contribution < -0.4 is 5.32 Å². The molecule has 6 nitrogen and oxygen atoms in total. The lowest BCUT2D eigenvalue weighted by atomic mass is 9.99. The minimum Gasteiger partial charge on any atom is -0.423 e. The van der Waals surface area contributed by atoms with E-state index in [2.05, 4.69) is 44.6 Å². The zero-order chi connectivity index (χ0) is 18.8. The summed E-state index contributed by atoms with van der Waals surface area (Å²) in [5.74, 6) is 0. The van der Waals surface area contributed by atoms with Crippen LogP contribution >= 0.6 is 0 Å². The maximum atomic E-state index is 5.73. The summed E-state index contributed by atoms with van der Waals surface area (Å²) in [4.78, 5) is 8.56. The molecule has 5 rings (SSSR count). The SMILES string of the molecule is c1ccc(C(c2ccc(Nc3nc4ccccc4o3)cc2)n2cncn2)cc1. The number of anilines is 2. The highest BCUT2D eigenvalue weighted by Crippen LogP contribution is 2.28. The Bertz CT molecular complexity index is 1150. The van der Waals surface area contributed by atoms with Crippen molar-refractivity contribution < 1.29 is 4.42 Å². The fourth-order valence-electron chi connectivity index (χ4n) is 3.28. The lowest BCUT2D eigenvalue weighted by Gasteiger charge is -2.18. The van der Waals surface area contributed by atoms with Gasteiger partial charge in [-0.15, -0.1) is 0 Å². The normalized spacial score (nSPS) is 12.1.